The lowest BCUT2D eigenvalue weighted by Crippen LogP contribution is -2.18. The fourth-order valence-electron chi connectivity index (χ4n) is 1.05. The maximum absolute atomic E-state index is 11.4. The van der Waals surface area contributed by atoms with Crippen LogP contribution in [0.15, 0.2) is 23.5 Å². The van der Waals surface area contributed by atoms with E-state index in [0.717, 1.165) is 0 Å². The van der Waals surface area contributed by atoms with Crippen molar-refractivity contribution >= 4 is 11.6 Å². The molecule has 4 nitrogen and oxygen atoms in total. The van der Waals surface area contributed by atoms with E-state index in [0.29, 0.717) is 5.57 Å². The van der Waals surface area contributed by atoms with Gasteiger partial charge in [-0.2, -0.15) is 0 Å². The maximum atomic E-state index is 11.4. The van der Waals surface area contributed by atoms with Crippen molar-refractivity contribution in [2.45, 2.75) is 0 Å². The minimum Gasteiger partial charge on any atom is -0.493 e. The van der Waals surface area contributed by atoms with Gasteiger partial charge in [-0.05, 0) is 6.08 Å². The zero-order valence-electron chi connectivity index (χ0n) is 7.49. The van der Waals surface area contributed by atoms with Crippen molar-refractivity contribution in [3.05, 3.63) is 23.5 Å². The second kappa shape index (κ2) is 4.00. The van der Waals surface area contributed by atoms with Gasteiger partial charge in [0.2, 0.25) is 5.78 Å². The molecular formula is C9H10O4. The first-order valence-corrected chi connectivity index (χ1v) is 3.73. The monoisotopic (exact) mass is 182 g/mol. The molecule has 13 heavy (non-hydrogen) atoms. The van der Waals surface area contributed by atoms with Crippen LogP contribution in [0.4, 0.5) is 0 Å². The molecule has 1 rings (SSSR count). The van der Waals surface area contributed by atoms with Crippen molar-refractivity contribution in [2.24, 2.45) is 0 Å². The van der Waals surface area contributed by atoms with Gasteiger partial charge in [0.15, 0.2) is 11.5 Å². The van der Waals surface area contributed by atoms with Crippen LogP contribution >= 0.6 is 0 Å². The summed E-state index contributed by atoms with van der Waals surface area (Å²) in [5, 5.41) is 0. The molecule has 4 heteroatoms. The molecule has 0 fully saturated rings. The van der Waals surface area contributed by atoms with Crippen LogP contribution < -0.4 is 0 Å². The van der Waals surface area contributed by atoms with Crippen molar-refractivity contribution in [1.82, 2.24) is 0 Å². The first-order chi connectivity index (χ1) is 6.19. The number of ketones is 2. The van der Waals surface area contributed by atoms with Crippen LogP contribution in [0.1, 0.15) is 0 Å². The van der Waals surface area contributed by atoms with Gasteiger partial charge in [-0.25, -0.2) is 0 Å². The number of hydrogen-bond donors (Lipinski definition) is 0. The molecule has 0 heterocycles. The summed E-state index contributed by atoms with van der Waals surface area (Å²) in [4.78, 5) is 22.4. The second-order valence-corrected chi connectivity index (χ2v) is 2.55. The highest BCUT2D eigenvalue weighted by molar-refractivity contribution is 6.19. The lowest BCUT2D eigenvalue weighted by Gasteiger charge is -2.11. The molecule has 0 radical (unpaired) electrons. The van der Waals surface area contributed by atoms with E-state index < -0.39 is 0 Å². The summed E-state index contributed by atoms with van der Waals surface area (Å²) >= 11 is 0. The normalized spacial score (nSPS) is 16.8. The van der Waals surface area contributed by atoms with Crippen molar-refractivity contribution in [1.29, 1.82) is 0 Å². The molecule has 0 unspecified atom stereocenters. The predicted octanol–water partition coefficient (Wildman–Crippen LogP) is 0.241. The van der Waals surface area contributed by atoms with Crippen molar-refractivity contribution < 1.29 is 19.1 Å². The zero-order valence-corrected chi connectivity index (χ0v) is 7.49. The van der Waals surface area contributed by atoms with Crippen LogP contribution in [0, 0.1) is 0 Å². The number of carbonyl (C=O) groups excluding carboxylic acids is 2. The Labute approximate surface area is 75.8 Å². The maximum Gasteiger partial charge on any atom is 0.226 e. The standard InChI is InChI=1S/C9H10O4/c1-12-5-6-3-7(10)4-8(13-2)9(6)11/h3-4H,5H2,1-2H3. The summed E-state index contributed by atoms with van der Waals surface area (Å²) in [6.45, 7) is 0.130. The highest BCUT2D eigenvalue weighted by atomic mass is 16.5. The van der Waals surface area contributed by atoms with E-state index in [4.69, 9.17) is 9.47 Å². The average molecular weight is 182 g/mol. The van der Waals surface area contributed by atoms with E-state index in [1.54, 1.807) is 0 Å². The minimum atomic E-state index is -0.288. The summed E-state index contributed by atoms with van der Waals surface area (Å²) in [7, 11) is 2.82. The van der Waals surface area contributed by atoms with Crippen LogP contribution in [-0.2, 0) is 19.1 Å². The van der Waals surface area contributed by atoms with E-state index in [2.05, 4.69) is 0 Å². The van der Waals surface area contributed by atoms with Gasteiger partial charge in [0.25, 0.3) is 0 Å². The molecular weight excluding hydrogens is 172 g/mol. The lowest BCUT2D eigenvalue weighted by molar-refractivity contribution is -0.118. The molecule has 70 valence electrons. The molecule has 0 amide bonds. The molecule has 0 aromatic carbocycles. The van der Waals surface area contributed by atoms with Gasteiger partial charge >= 0.3 is 0 Å². The Morgan fingerprint density at radius 1 is 1.23 bits per heavy atom. The van der Waals surface area contributed by atoms with E-state index in [1.807, 2.05) is 0 Å². The van der Waals surface area contributed by atoms with E-state index in [1.165, 1.54) is 26.4 Å². The molecule has 0 saturated heterocycles. The van der Waals surface area contributed by atoms with Crippen molar-refractivity contribution in [3.8, 4) is 0 Å². The van der Waals surface area contributed by atoms with Gasteiger partial charge < -0.3 is 9.47 Å². The molecule has 0 aromatic rings. The van der Waals surface area contributed by atoms with E-state index in [9.17, 15) is 9.59 Å². The number of hydrogen-bond acceptors (Lipinski definition) is 4. The van der Waals surface area contributed by atoms with Gasteiger partial charge in [0.05, 0.1) is 13.7 Å². The molecule has 0 atom stereocenters. The van der Waals surface area contributed by atoms with Gasteiger partial charge in [0, 0.05) is 18.8 Å². The fraction of sp³-hybridized carbons (Fsp3) is 0.333. The number of carbonyl (C=O) groups is 2. The summed E-state index contributed by atoms with van der Waals surface area (Å²) in [6.07, 6.45) is 2.43. The molecule has 0 saturated carbocycles. The van der Waals surface area contributed by atoms with Crippen LogP contribution in [0.5, 0.6) is 0 Å². The molecule has 0 bridgehead atoms. The minimum absolute atomic E-state index is 0.0690. The first-order valence-electron chi connectivity index (χ1n) is 3.73. The Kier molecular flexibility index (Phi) is 2.97. The zero-order chi connectivity index (χ0) is 9.84. The molecule has 1 aliphatic carbocycles. The Morgan fingerprint density at radius 3 is 2.46 bits per heavy atom. The number of allylic oxidation sites excluding steroid dienone is 3. The Hall–Kier alpha value is -1.42. The van der Waals surface area contributed by atoms with E-state index in [-0.39, 0.29) is 23.9 Å². The molecule has 0 spiro atoms. The van der Waals surface area contributed by atoms with Crippen LogP contribution in [-0.4, -0.2) is 32.4 Å². The molecule has 0 aromatic heterocycles. The summed E-state index contributed by atoms with van der Waals surface area (Å²) in [5.74, 6) is -0.466. The Bertz CT molecular complexity index is 299. The van der Waals surface area contributed by atoms with E-state index >= 15 is 0 Å². The second-order valence-electron chi connectivity index (χ2n) is 2.55. The van der Waals surface area contributed by atoms with Gasteiger partial charge in [-0.15, -0.1) is 0 Å². The number of ether oxygens (including phenoxy) is 2. The van der Waals surface area contributed by atoms with Crippen molar-refractivity contribution in [3.63, 3.8) is 0 Å². The lowest BCUT2D eigenvalue weighted by atomic mass is 10.0. The molecule has 0 N–H and O–H groups in total. The fourth-order valence-corrected chi connectivity index (χ4v) is 1.05. The van der Waals surface area contributed by atoms with Crippen LogP contribution in [0.25, 0.3) is 0 Å². The summed E-state index contributed by atoms with van der Waals surface area (Å²) < 4.78 is 9.51. The first kappa shape index (κ1) is 9.67. The number of methoxy groups -OCH3 is 2. The highest BCUT2D eigenvalue weighted by Crippen LogP contribution is 2.13. The number of Topliss-reactive ketones (excluding diaryl/α,β-unsaturated/α-hetero) is 1. The third kappa shape index (κ3) is 2.03. The van der Waals surface area contributed by atoms with Gasteiger partial charge in [0.1, 0.15) is 0 Å². The SMILES string of the molecule is COCC1=CC(=O)C=C(OC)C1=O. The topological polar surface area (TPSA) is 52.6 Å². The third-order valence-electron chi connectivity index (χ3n) is 1.63. The summed E-state index contributed by atoms with van der Waals surface area (Å²) in [6, 6.07) is 0. The van der Waals surface area contributed by atoms with Crippen LogP contribution in [0.2, 0.25) is 0 Å². The Balaban J connectivity index is 2.89. The highest BCUT2D eigenvalue weighted by Gasteiger charge is 2.21. The molecule has 1 aliphatic rings. The predicted molar refractivity (Wildman–Crippen MR) is 45.1 cm³/mol. The quantitative estimate of drug-likeness (QED) is 0.587. The Morgan fingerprint density at radius 2 is 1.92 bits per heavy atom. The third-order valence-corrected chi connectivity index (χ3v) is 1.63. The number of rotatable bonds is 3. The molecule has 0 aliphatic heterocycles. The average Bonchev–Trinajstić information content (AvgIpc) is 2.11. The van der Waals surface area contributed by atoms with Gasteiger partial charge in [-0.1, -0.05) is 0 Å². The largest absolute Gasteiger partial charge is 0.493 e. The summed E-state index contributed by atoms with van der Waals surface area (Å²) in [5.41, 5.74) is 0.326. The van der Waals surface area contributed by atoms with Gasteiger partial charge in [-0.3, -0.25) is 9.59 Å². The van der Waals surface area contributed by atoms with Crippen LogP contribution in [0.3, 0.4) is 0 Å². The smallest absolute Gasteiger partial charge is 0.226 e. The van der Waals surface area contributed by atoms with Crippen molar-refractivity contribution in [2.75, 3.05) is 20.8 Å².